The van der Waals surface area contributed by atoms with Crippen LogP contribution in [0.15, 0.2) is 24.3 Å². The predicted molar refractivity (Wildman–Crippen MR) is 84.9 cm³/mol. The Morgan fingerprint density at radius 1 is 1.25 bits per heavy atom. The highest BCUT2D eigenvalue weighted by Crippen LogP contribution is 2.37. The first-order valence-corrected chi connectivity index (χ1v) is 8.11. The van der Waals surface area contributed by atoms with Crippen LogP contribution in [0.1, 0.15) is 50.8 Å². The van der Waals surface area contributed by atoms with Gasteiger partial charge in [0.1, 0.15) is 0 Å². The topological polar surface area (TPSA) is 21.3 Å². The zero-order valence-electron chi connectivity index (χ0n) is 13.2. The summed E-state index contributed by atoms with van der Waals surface area (Å²) >= 11 is 0. The molecule has 0 heterocycles. The summed E-state index contributed by atoms with van der Waals surface area (Å²) in [4.78, 5) is 0. The van der Waals surface area contributed by atoms with E-state index in [1.807, 2.05) is 0 Å². The normalized spacial score (nSPS) is 21.4. The van der Waals surface area contributed by atoms with Gasteiger partial charge in [0.2, 0.25) is 0 Å². The molecule has 0 amide bonds. The van der Waals surface area contributed by atoms with E-state index in [0.717, 1.165) is 32.1 Å². The molecule has 0 radical (unpaired) electrons. The van der Waals surface area contributed by atoms with Gasteiger partial charge in [0, 0.05) is 19.3 Å². The lowest BCUT2D eigenvalue weighted by Gasteiger charge is -2.21. The number of fused-ring (bicyclic) bond motifs is 1. The Morgan fingerprint density at radius 2 is 2.05 bits per heavy atom. The molecule has 1 aliphatic rings. The van der Waals surface area contributed by atoms with E-state index in [4.69, 9.17) is 4.74 Å². The molecule has 0 fully saturated rings. The van der Waals surface area contributed by atoms with Crippen molar-refractivity contribution < 1.29 is 4.74 Å². The molecular weight excluding hydrogens is 246 g/mol. The molecule has 1 aromatic carbocycles. The highest BCUT2D eigenvalue weighted by molar-refractivity contribution is 5.35. The molecule has 0 spiro atoms. The number of nitrogens with one attached hydrogen (secondary N) is 1. The number of hydrogen-bond acceptors (Lipinski definition) is 2. The molecule has 2 atom stereocenters. The van der Waals surface area contributed by atoms with Crippen LogP contribution >= 0.6 is 0 Å². The van der Waals surface area contributed by atoms with Crippen LogP contribution in [-0.2, 0) is 11.2 Å². The van der Waals surface area contributed by atoms with E-state index in [1.165, 1.54) is 24.0 Å². The van der Waals surface area contributed by atoms with Crippen LogP contribution in [0.3, 0.4) is 0 Å². The third-order valence-corrected chi connectivity index (χ3v) is 4.24. The summed E-state index contributed by atoms with van der Waals surface area (Å²) in [5, 5.41) is 3.65. The highest BCUT2D eigenvalue weighted by atomic mass is 16.5. The third kappa shape index (κ3) is 4.07. The molecular formula is C18H29NO. The molecule has 2 unspecified atom stereocenters. The molecule has 112 valence electrons. The summed E-state index contributed by atoms with van der Waals surface area (Å²) in [6, 6.07) is 9.39. The summed E-state index contributed by atoms with van der Waals surface area (Å²) in [6.07, 6.45) is 3.52. The lowest BCUT2D eigenvalue weighted by atomic mass is 9.97. The number of rotatable bonds is 8. The summed E-state index contributed by atoms with van der Waals surface area (Å²) in [5.74, 6) is 1.42. The zero-order chi connectivity index (χ0) is 14.4. The Morgan fingerprint density at radius 3 is 2.80 bits per heavy atom. The fraction of sp³-hybridized carbons (Fsp3) is 0.667. The molecule has 0 aromatic heterocycles. The molecule has 2 heteroatoms. The van der Waals surface area contributed by atoms with Crippen molar-refractivity contribution in [1.82, 2.24) is 5.32 Å². The fourth-order valence-electron chi connectivity index (χ4n) is 3.10. The molecule has 2 rings (SSSR count). The minimum absolute atomic E-state index is 0.518. The van der Waals surface area contributed by atoms with Gasteiger partial charge in [-0.15, -0.1) is 0 Å². The van der Waals surface area contributed by atoms with Gasteiger partial charge in [0.05, 0.1) is 0 Å². The van der Waals surface area contributed by atoms with E-state index in [9.17, 15) is 0 Å². The molecule has 0 aliphatic heterocycles. The Balaban J connectivity index is 1.83. The van der Waals surface area contributed by atoms with E-state index < -0.39 is 0 Å². The van der Waals surface area contributed by atoms with Crippen molar-refractivity contribution in [3.05, 3.63) is 35.4 Å². The van der Waals surface area contributed by atoms with E-state index >= 15 is 0 Å². The van der Waals surface area contributed by atoms with Crippen molar-refractivity contribution in [2.45, 2.75) is 46.1 Å². The molecule has 2 nitrogen and oxygen atoms in total. The summed E-state index contributed by atoms with van der Waals surface area (Å²) in [7, 11) is 0. The van der Waals surface area contributed by atoms with E-state index in [1.54, 1.807) is 0 Å². The average Bonchev–Trinajstić information content (AvgIpc) is 2.77. The van der Waals surface area contributed by atoms with Gasteiger partial charge in [-0.3, -0.25) is 0 Å². The summed E-state index contributed by atoms with van der Waals surface area (Å²) in [6.45, 7) is 9.52. The van der Waals surface area contributed by atoms with Gasteiger partial charge < -0.3 is 10.1 Å². The minimum atomic E-state index is 0.518. The van der Waals surface area contributed by atoms with Gasteiger partial charge in [-0.25, -0.2) is 0 Å². The molecule has 0 saturated carbocycles. The maximum atomic E-state index is 5.80. The smallest absolute Gasteiger partial charge is 0.0469 e. The Bertz CT molecular complexity index is 402. The zero-order valence-corrected chi connectivity index (χ0v) is 13.2. The van der Waals surface area contributed by atoms with Crippen LogP contribution in [-0.4, -0.2) is 19.8 Å². The van der Waals surface area contributed by atoms with Gasteiger partial charge >= 0.3 is 0 Å². The second-order valence-corrected chi connectivity index (χ2v) is 6.28. The maximum Gasteiger partial charge on any atom is 0.0469 e. The van der Waals surface area contributed by atoms with E-state index in [2.05, 4.69) is 50.4 Å². The van der Waals surface area contributed by atoms with Crippen LogP contribution in [0.5, 0.6) is 0 Å². The molecule has 1 aliphatic carbocycles. The quantitative estimate of drug-likeness (QED) is 0.725. The summed E-state index contributed by atoms with van der Waals surface area (Å²) in [5.41, 5.74) is 3.02. The van der Waals surface area contributed by atoms with Crippen molar-refractivity contribution in [2.24, 2.45) is 11.8 Å². The van der Waals surface area contributed by atoms with Crippen LogP contribution in [0, 0.1) is 11.8 Å². The van der Waals surface area contributed by atoms with Gasteiger partial charge in [0.25, 0.3) is 0 Å². The predicted octanol–water partition coefficient (Wildman–Crippen LogP) is 3.96. The van der Waals surface area contributed by atoms with E-state index in [-0.39, 0.29) is 0 Å². The monoisotopic (exact) mass is 275 g/mol. The Labute approximate surface area is 123 Å². The number of benzene rings is 1. The third-order valence-electron chi connectivity index (χ3n) is 4.24. The standard InChI is InChI=1S/C18H29NO/c1-4-19-18-16(10-12-20-11-9-14(2)3)13-15-7-5-6-8-17(15)18/h5-8,14,16,18-19H,4,9-13H2,1-3H3. The molecule has 1 aromatic rings. The first-order valence-electron chi connectivity index (χ1n) is 8.11. The van der Waals surface area contributed by atoms with Crippen molar-refractivity contribution in [1.29, 1.82) is 0 Å². The average molecular weight is 275 g/mol. The van der Waals surface area contributed by atoms with E-state index in [0.29, 0.717) is 12.0 Å². The number of ether oxygens (including phenoxy) is 1. The first-order chi connectivity index (χ1) is 9.72. The summed E-state index contributed by atoms with van der Waals surface area (Å²) < 4.78 is 5.80. The number of hydrogen-bond donors (Lipinski definition) is 1. The molecule has 20 heavy (non-hydrogen) atoms. The van der Waals surface area contributed by atoms with Crippen LogP contribution < -0.4 is 5.32 Å². The van der Waals surface area contributed by atoms with Gasteiger partial charge in [0.15, 0.2) is 0 Å². The second kappa shape index (κ2) is 7.80. The Hall–Kier alpha value is -0.860. The van der Waals surface area contributed by atoms with Crippen molar-refractivity contribution in [3.63, 3.8) is 0 Å². The largest absolute Gasteiger partial charge is 0.381 e. The second-order valence-electron chi connectivity index (χ2n) is 6.28. The van der Waals surface area contributed by atoms with Crippen LogP contribution in [0.25, 0.3) is 0 Å². The van der Waals surface area contributed by atoms with Crippen molar-refractivity contribution in [2.75, 3.05) is 19.8 Å². The lowest BCUT2D eigenvalue weighted by molar-refractivity contribution is 0.107. The van der Waals surface area contributed by atoms with Crippen molar-refractivity contribution in [3.8, 4) is 0 Å². The van der Waals surface area contributed by atoms with Crippen molar-refractivity contribution >= 4 is 0 Å². The van der Waals surface area contributed by atoms with Gasteiger partial charge in [-0.2, -0.15) is 0 Å². The SMILES string of the molecule is CCNC1c2ccccc2CC1CCOCCC(C)C. The minimum Gasteiger partial charge on any atom is -0.381 e. The Kier molecular flexibility index (Phi) is 6.06. The maximum absolute atomic E-state index is 5.80. The lowest BCUT2D eigenvalue weighted by Crippen LogP contribution is -2.26. The van der Waals surface area contributed by atoms with Crippen LogP contribution in [0.2, 0.25) is 0 Å². The molecule has 0 saturated heterocycles. The van der Waals surface area contributed by atoms with Gasteiger partial charge in [-0.05, 0) is 48.8 Å². The highest BCUT2D eigenvalue weighted by Gasteiger charge is 2.30. The first kappa shape index (κ1) is 15.5. The fourth-order valence-corrected chi connectivity index (χ4v) is 3.10. The molecule has 0 bridgehead atoms. The van der Waals surface area contributed by atoms with Gasteiger partial charge in [-0.1, -0.05) is 45.0 Å². The molecule has 1 N–H and O–H groups in total. The van der Waals surface area contributed by atoms with Crippen LogP contribution in [0.4, 0.5) is 0 Å².